The maximum absolute atomic E-state index is 9.18. The Kier molecular flexibility index (Phi) is 4.20. The van der Waals surface area contributed by atoms with Gasteiger partial charge in [0.15, 0.2) is 0 Å². The number of phenols is 1. The molecule has 0 amide bonds. The number of hydrogen-bond donors (Lipinski definition) is 3. The maximum Gasteiger partial charge on any atom is 0.115 e. The lowest BCUT2D eigenvalue weighted by Gasteiger charge is -2.07. The Hall–Kier alpha value is -2.00. The van der Waals surface area contributed by atoms with E-state index < -0.39 is 0 Å². The molecule has 3 nitrogen and oxygen atoms in total. The number of anilines is 1. The van der Waals surface area contributed by atoms with E-state index in [9.17, 15) is 5.11 Å². The van der Waals surface area contributed by atoms with Crippen LogP contribution in [0.3, 0.4) is 0 Å². The fourth-order valence-electron chi connectivity index (χ4n) is 1.81. The smallest absolute Gasteiger partial charge is 0.115 e. The van der Waals surface area contributed by atoms with Gasteiger partial charge in [0.2, 0.25) is 0 Å². The summed E-state index contributed by atoms with van der Waals surface area (Å²) in [6.07, 6.45) is 0.938. The molecule has 0 saturated heterocycles. The zero-order valence-electron chi connectivity index (χ0n) is 10.3. The first-order valence-corrected chi connectivity index (χ1v) is 6.08. The highest BCUT2D eigenvalue weighted by atomic mass is 16.3. The number of benzene rings is 2. The molecule has 3 heteroatoms. The number of hydrogen-bond acceptors (Lipinski definition) is 3. The summed E-state index contributed by atoms with van der Waals surface area (Å²) in [5.41, 5.74) is 9.03. The second-order valence-electron chi connectivity index (χ2n) is 4.29. The van der Waals surface area contributed by atoms with E-state index in [4.69, 9.17) is 5.73 Å². The van der Waals surface area contributed by atoms with Crippen molar-refractivity contribution in [3.05, 3.63) is 59.7 Å². The third-order valence-corrected chi connectivity index (χ3v) is 2.90. The minimum atomic E-state index is 0.309. The van der Waals surface area contributed by atoms with Gasteiger partial charge in [-0.2, -0.15) is 0 Å². The summed E-state index contributed by atoms with van der Waals surface area (Å²) in [7, 11) is 0. The van der Waals surface area contributed by atoms with Gasteiger partial charge in [0.05, 0.1) is 0 Å². The normalized spacial score (nSPS) is 10.4. The third-order valence-electron chi connectivity index (χ3n) is 2.90. The Bertz CT molecular complexity index is 494. The molecule has 4 N–H and O–H groups in total. The number of phenolic OH excluding ortho intramolecular Hbond substituents is 1. The second kappa shape index (κ2) is 6.07. The van der Waals surface area contributed by atoms with E-state index in [1.807, 2.05) is 36.4 Å². The largest absolute Gasteiger partial charge is 0.508 e. The highest BCUT2D eigenvalue weighted by Gasteiger charge is 1.97. The number of para-hydroxylation sites is 1. The summed E-state index contributed by atoms with van der Waals surface area (Å²) < 4.78 is 0. The molecule has 18 heavy (non-hydrogen) atoms. The molecular weight excluding hydrogens is 224 g/mol. The molecule has 0 saturated carbocycles. The van der Waals surface area contributed by atoms with Gasteiger partial charge in [-0.25, -0.2) is 0 Å². The van der Waals surface area contributed by atoms with E-state index in [1.54, 1.807) is 12.1 Å². The van der Waals surface area contributed by atoms with Crippen molar-refractivity contribution in [3.63, 3.8) is 0 Å². The van der Waals surface area contributed by atoms with E-state index in [0.717, 1.165) is 30.8 Å². The van der Waals surface area contributed by atoms with Crippen molar-refractivity contribution in [1.29, 1.82) is 0 Å². The highest BCUT2D eigenvalue weighted by Crippen LogP contribution is 2.11. The Morgan fingerprint density at radius 3 is 2.44 bits per heavy atom. The first kappa shape index (κ1) is 12.5. The van der Waals surface area contributed by atoms with Gasteiger partial charge in [-0.3, -0.25) is 0 Å². The summed E-state index contributed by atoms with van der Waals surface area (Å²) in [4.78, 5) is 0. The molecular formula is C15H18N2O. The molecule has 0 radical (unpaired) electrons. The van der Waals surface area contributed by atoms with Crippen LogP contribution in [0.1, 0.15) is 11.1 Å². The van der Waals surface area contributed by atoms with Gasteiger partial charge in [0.25, 0.3) is 0 Å². The van der Waals surface area contributed by atoms with Crippen LogP contribution >= 0.6 is 0 Å². The van der Waals surface area contributed by atoms with E-state index in [2.05, 4.69) is 5.32 Å². The summed E-state index contributed by atoms with van der Waals surface area (Å²) in [6.45, 7) is 1.67. The molecule has 0 atom stereocenters. The maximum atomic E-state index is 9.18. The van der Waals surface area contributed by atoms with Crippen LogP contribution in [0.4, 0.5) is 5.69 Å². The highest BCUT2D eigenvalue weighted by molar-refractivity contribution is 5.46. The SMILES string of the molecule is Nc1ccccc1CNCCc1ccc(O)cc1. The van der Waals surface area contributed by atoms with Crippen molar-refractivity contribution in [1.82, 2.24) is 5.32 Å². The van der Waals surface area contributed by atoms with Crippen LogP contribution in [0, 0.1) is 0 Å². The lowest BCUT2D eigenvalue weighted by atomic mass is 10.1. The molecule has 0 spiro atoms. The van der Waals surface area contributed by atoms with Crippen LogP contribution < -0.4 is 11.1 Å². The predicted octanol–water partition coefficient (Wildman–Crippen LogP) is 2.31. The van der Waals surface area contributed by atoms with Crippen molar-refractivity contribution in [2.45, 2.75) is 13.0 Å². The van der Waals surface area contributed by atoms with Gasteiger partial charge in [-0.1, -0.05) is 30.3 Å². The molecule has 0 aliphatic carbocycles. The van der Waals surface area contributed by atoms with E-state index >= 15 is 0 Å². The van der Waals surface area contributed by atoms with Crippen molar-refractivity contribution < 1.29 is 5.11 Å². The van der Waals surface area contributed by atoms with Gasteiger partial charge in [-0.15, -0.1) is 0 Å². The number of nitrogen functional groups attached to an aromatic ring is 1. The van der Waals surface area contributed by atoms with Gasteiger partial charge in [0.1, 0.15) is 5.75 Å². The number of rotatable bonds is 5. The standard InChI is InChI=1S/C15H18N2O/c16-15-4-2-1-3-13(15)11-17-10-9-12-5-7-14(18)8-6-12/h1-8,17-18H,9-11,16H2. The van der Waals surface area contributed by atoms with Crippen molar-refractivity contribution in [3.8, 4) is 5.75 Å². The molecule has 2 aromatic carbocycles. The third kappa shape index (κ3) is 3.50. The zero-order chi connectivity index (χ0) is 12.8. The topological polar surface area (TPSA) is 58.3 Å². The van der Waals surface area contributed by atoms with Gasteiger partial charge < -0.3 is 16.2 Å². The van der Waals surface area contributed by atoms with E-state index in [-0.39, 0.29) is 0 Å². The van der Waals surface area contributed by atoms with E-state index in [1.165, 1.54) is 5.56 Å². The number of aromatic hydroxyl groups is 1. The van der Waals surface area contributed by atoms with Crippen molar-refractivity contribution >= 4 is 5.69 Å². The molecule has 0 unspecified atom stereocenters. The van der Waals surface area contributed by atoms with Crippen LogP contribution in [0.15, 0.2) is 48.5 Å². The molecule has 0 aliphatic heterocycles. The van der Waals surface area contributed by atoms with Crippen LogP contribution in [-0.4, -0.2) is 11.7 Å². The molecule has 2 aromatic rings. The lowest BCUT2D eigenvalue weighted by Crippen LogP contribution is -2.17. The first-order valence-electron chi connectivity index (χ1n) is 6.08. The lowest BCUT2D eigenvalue weighted by molar-refractivity contribution is 0.475. The molecule has 2 rings (SSSR count). The average molecular weight is 242 g/mol. The molecule has 0 heterocycles. The molecule has 0 aromatic heterocycles. The first-order chi connectivity index (χ1) is 8.75. The summed E-state index contributed by atoms with van der Waals surface area (Å²) in [5, 5.41) is 12.5. The van der Waals surface area contributed by atoms with E-state index in [0.29, 0.717) is 5.75 Å². The average Bonchev–Trinajstić information content (AvgIpc) is 2.39. The predicted molar refractivity (Wildman–Crippen MR) is 74.4 cm³/mol. The Labute approximate surface area is 107 Å². The number of nitrogens with one attached hydrogen (secondary N) is 1. The van der Waals surface area contributed by atoms with Crippen molar-refractivity contribution in [2.75, 3.05) is 12.3 Å². The van der Waals surface area contributed by atoms with Gasteiger partial charge >= 0.3 is 0 Å². The minimum Gasteiger partial charge on any atom is -0.508 e. The van der Waals surface area contributed by atoms with Gasteiger partial charge in [-0.05, 0) is 42.3 Å². The van der Waals surface area contributed by atoms with Crippen LogP contribution in [0.25, 0.3) is 0 Å². The van der Waals surface area contributed by atoms with Crippen LogP contribution in [-0.2, 0) is 13.0 Å². The molecule has 0 bridgehead atoms. The molecule has 94 valence electrons. The summed E-state index contributed by atoms with van der Waals surface area (Å²) >= 11 is 0. The fraction of sp³-hybridized carbons (Fsp3) is 0.200. The Morgan fingerprint density at radius 2 is 1.72 bits per heavy atom. The van der Waals surface area contributed by atoms with Crippen molar-refractivity contribution in [2.24, 2.45) is 0 Å². The van der Waals surface area contributed by atoms with Crippen LogP contribution in [0.5, 0.6) is 5.75 Å². The minimum absolute atomic E-state index is 0.309. The fourth-order valence-corrected chi connectivity index (χ4v) is 1.81. The quantitative estimate of drug-likeness (QED) is 0.557. The summed E-state index contributed by atoms with van der Waals surface area (Å²) in [5.74, 6) is 0.309. The Balaban J connectivity index is 1.76. The van der Waals surface area contributed by atoms with Gasteiger partial charge in [0, 0.05) is 12.2 Å². The molecule has 0 fully saturated rings. The molecule has 0 aliphatic rings. The summed E-state index contributed by atoms with van der Waals surface area (Å²) in [6, 6.07) is 15.2. The Morgan fingerprint density at radius 1 is 1.00 bits per heavy atom. The zero-order valence-corrected chi connectivity index (χ0v) is 10.3. The number of nitrogens with two attached hydrogens (primary N) is 1. The monoisotopic (exact) mass is 242 g/mol. The van der Waals surface area contributed by atoms with Crippen LogP contribution in [0.2, 0.25) is 0 Å². The second-order valence-corrected chi connectivity index (χ2v) is 4.29.